The predicted molar refractivity (Wildman–Crippen MR) is 84.1 cm³/mol. The molecule has 2 N–H and O–H groups in total. The van der Waals surface area contributed by atoms with E-state index in [0.29, 0.717) is 12.1 Å². The van der Waals surface area contributed by atoms with Crippen molar-refractivity contribution in [2.24, 2.45) is 0 Å². The first kappa shape index (κ1) is 20.0. The Labute approximate surface area is 139 Å². The first-order chi connectivity index (χ1) is 11.1. The highest BCUT2D eigenvalue weighted by molar-refractivity contribution is 5.85. The van der Waals surface area contributed by atoms with Gasteiger partial charge in [0.2, 0.25) is 11.8 Å². The number of halogens is 3. The molecule has 1 aromatic carbocycles. The third-order valence-corrected chi connectivity index (χ3v) is 3.04. The summed E-state index contributed by atoms with van der Waals surface area (Å²) < 4.78 is 37.5. The highest BCUT2D eigenvalue weighted by atomic mass is 19.4. The smallest absolute Gasteiger partial charge is 0.352 e. The lowest BCUT2D eigenvalue weighted by Crippen LogP contribution is -2.42. The van der Waals surface area contributed by atoms with Crippen molar-refractivity contribution in [1.82, 2.24) is 15.5 Å². The number of nitrogens with zero attached hydrogens (tertiary/aromatic N) is 1. The Morgan fingerprint density at radius 2 is 1.71 bits per heavy atom. The number of amides is 2. The van der Waals surface area contributed by atoms with Gasteiger partial charge in [-0.1, -0.05) is 12.1 Å². The Morgan fingerprint density at radius 1 is 1.12 bits per heavy atom. The van der Waals surface area contributed by atoms with Crippen LogP contribution < -0.4 is 10.6 Å². The van der Waals surface area contributed by atoms with Gasteiger partial charge in [-0.05, 0) is 38.6 Å². The van der Waals surface area contributed by atoms with E-state index in [1.165, 1.54) is 12.1 Å². The number of carbonyl (C=O) groups excluding carboxylic acids is 2. The van der Waals surface area contributed by atoms with Crippen LogP contribution in [0.1, 0.15) is 25.0 Å². The fourth-order valence-electron chi connectivity index (χ4n) is 2.02. The van der Waals surface area contributed by atoms with Crippen molar-refractivity contribution in [3.05, 3.63) is 35.4 Å². The summed E-state index contributed by atoms with van der Waals surface area (Å²) >= 11 is 0. The second-order valence-electron chi connectivity index (χ2n) is 5.87. The van der Waals surface area contributed by atoms with Gasteiger partial charge in [-0.2, -0.15) is 13.2 Å². The predicted octanol–water partition coefficient (Wildman–Crippen LogP) is 1.78. The molecule has 8 heteroatoms. The summed E-state index contributed by atoms with van der Waals surface area (Å²) in [6.07, 6.45) is -4.36. The van der Waals surface area contributed by atoms with Crippen molar-refractivity contribution >= 4 is 11.8 Å². The van der Waals surface area contributed by atoms with Crippen LogP contribution in [0.3, 0.4) is 0 Å². The molecule has 0 unspecified atom stereocenters. The van der Waals surface area contributed by atoms with Crippen molar-refractivity contribution in [1.29, 1.82) is 0 Å². The molecular weight excluding hydrogens is 323 g/mol. The van der Waals surface area contributed by atoms with E-state index in [9.17, 15) is 22.8 Å². The van der Waals surface area contributed by atoms with Gasteiger partial charge >= 0.3 is 6.18 Å². The van der Waals surface area contributed by atoms with Crippen LogP contribution in [0.2, 0.25) is 0 Å². The van der Waals surface area contributed by atoms with Gasteiger partial charge in [0.05, 0.1) is 18.7 Å². The summed E-state index contributed by atoms with van der Waals surface area (Å²) in [4.78, 5) is 24.8. The summed E-state index contributed by atoms with van der Waals surface area (Å²) in [6.45, 7) is 3.89. The number of alkyl halides is 3. The Balaban J connectivity index is 2.41. The molecule has 0 aliphatic carbocycles. The summed E-state index contributed by atoms with van der Waals surface area (Å²) in [7, 11) is 1.67. The lowest BCUT2D eigenvalue weighted by Gasteiger charge is -2.17. The molecule has 0 aliphatic heterocycles. The minimum absolute atomic E-state index is 0.00301. The third kappa shape index (κ3) is 7.45. The monoisotopic (exact) mass is 345 g/mol. The average molecular weight is 345 g/mol. The van der Waals surface area contributed by atoms with Gasteiger partial charge in [0.1, 0.15) is 0 Å². The molecular formula is C16H22F3N3O2. The zero-order valence-electron chi connectivity index (χ0n) is 13.9. The van der Waals surface area contributed by atoms with Crippen LogP contribution in [0.5, 0.6) is 0 Å². The molecule has 0 saturated carbocycles. The van der Waals surface area contributed by atoms with Crippen LogP contribution in [0.4, 0.5) is 13.2 Å². The van der Waals surface area contributed by atoms with E-state index in [0.717, 1.165) is 12.1 Å². The normalized spacial score (nSPS) is 11.7. The molecule has 0 heterocycles. The maximum atomic E-state index is 12.5. The molecule has 0 aromatic heterocycles. The van der Waals surface area contributed by atoms with Crippen LogP contribution in [0.15, 0.2) is 24.3 Å². The van der Waals surface area contributed by atoms with E-state index in [1.807, 2.05) is 13.8 Å². The second kappa shape index (κ2) is 8.68. The fraction of sp³-hybridized carbons (Fsp3) is 0.500. The van der Waals surface area contributed by atoms with Gasteiger partial charge in [0.25, 0.3) is 0 Å². The highest BCUT2D eigenvalue weighted by Gasteiger charge is 2.29. The van der Waals surface area contributed by atoms with Crippen molar-refractivity contribution in [3.63, 3.8) is 0 Å². The molecule has 0 radical (unpaired) electrons. The van der Waals surface area contributed by atoms with E-state index in [2.05, 4.69) is 10.6 Å². The van der Waals surface area contributed by atoms with E-state index in [-0.39, 0.29) is 30.9 Å². The molecule has 24 heavy (non-hydrogen) atoms. The number of rotatable bonds is 7. The van der Waals surface area contributed by atoms with E-state index in [4.69, 9.17) is 0 Å². The zero-order chi connectivity index (χ0) is 18.3. The molecule has 0 aliphatic rings. The van der Waals surface area contributed by atoms with Gasteiger partial charge in [-0.15, -0.1) is 0 Å². The zero-order valence-corrected chi connectivity index (χ0v) is 13.9. The molecule has 0 atom stereocenters. The lowest BCUT2D eigenvalue weighted by atomic mass is 10.1. The average Bonchev–Trinajstić information content (AvgIpc) is 2.44. The minimum Gasteiger partial charge on any atom is -0.352 e. The van der Waals surface area contributed by atoms with Crippen molar-refractivity contribution < 1.29 is 22.8 Å². The van der Waals surface area contributed by atoms with Gasteiger partial charge in [0.15, 0.2) is 0 Å². The number of benzene rings is 1. The maximum absolute atomic E-state index is 12.5. The summed E-state index contributed by atoms with van der Waals surface area (Å²) in [5, 5.41) is 5.14. The number of hydrogen-bond acceptors (Lipinski definition) is 3. The van der Waals surface area contributed by atoms with Crippen molar-refractivity contribution in [2.45, 2.75) is 32.6 Å². The number of carbonyl (C=O) groups is 2. The SMILES string of the molecule is CC(C)NC(=O)CNC(=O)CN(C)Cc1ccc(C(F)(F)F)cc1. The second-order valence-corrected chi connectivity index (χ2v) is 5.87. The molecule has 1 rings (SSSR count). The topological polar surface area (TPSA) is 61.4 Å². The van der Waals surface area contributed by atoms with Gasteiger partial charge in [0, 0.05) is 12.6 Å². The molecule has 1 aromatic rings. The Hall–Kier alpha value is -2.09. The van der Waals surface area contributed by atoms with E-state index in [1.54, 1.807) is 11.9 Å². The van der Waals surface area contributed by atoms with Gasteiger partial charge in [-0.25, -0.2) is 0 Å². The minimum atomic E-state index is -4.36. The number of likely N-dealkylation sites (N-methyl/N-ethyl adjacent to an activating group) is 1. The molecule has 0 bridgehead atoms. The summed E-state index contributed by atoms with van der Waals surface area (Å²) in [5.74, 6) is -0.605. The molecule has 5 nitrogen and oxygen atoms in total. The van der Waals surface area contributed by atoms with Crippen molar-refractivity contribution in [3.8, 4) is 0 Å². The quantitative estimate of drug-likeness (QED) is 0.792. The van der Waals surface area contributed by atoms with Crippen LogP contribution in [0, 0.1) is 0 Å². The molecule has 0 saturated heterocycles. The Morgan fingerprint density at radius 3 is 2.21 bits per heavy atom. The molecule has 0 fully saturated rings. The van der Waals surface area contributed by atoms with Crippen molar-refractivity contribution in [2.75, 3.05) is 20.1 Å². The largest absolute Gasteiger partial charge is 0.416 e. The summed E-state index contributed by atoms with van der Waals surface area (Å²) in [5.41, 5.74) is -0.0429. The fourth-order valence-corrected chi connectivity index (χ4v) is 2.02. The molecule has 2 amide bonds. The molecule has 134 valence electrons. The van der Waals surface area contributed by atoms with E-state index < -0.39 is 11.7 Å². The summed E-state index contributed by atoms with van der Waals surface area (Å²) in [6, 6.07) is 4.79. The maximum Gasteiger partial charge on any atom is 0.416 e. The Bertz CT molecular complexity index is 557. The first-order valence-electron chi connectivity index (χ1n) is 7.48. The van der Waals surface area contributed by atoms with Crippen LogP contribution in [-0.2, 0) is 22.3 Å². The van der Waals surface area contributed by atoms with Gasteiger partial charge in [-0.3, -0.25) is 14.5 Å². The number of hydrogen-bond donors (Lipinski definition) is 2. The first-order valence-corrected chi connectivity index (χ1v) is 7.48. The Kier molecular flexibility index (Phi) is 7.21. The van der Waals surface area contributed by atoms with Crippen LogP contribution in [0.25, 0.3) is 0 Å². The molecule has 0 spiro atoms. The highest BCUT2D eigenvalue weighted by Crippen LogP contribution is 2.29. The number of nitrogens with one attached hydrogen (secondary N) is 2. The van der Waals surface area contributed by atoms with Crippen LogP contribution >= 0.6 is 0 Å². The van der Waals surface area contributed by atoms with E-state index >= 15 is 0 Å². The lowest BCUT2D eigenvalue weighted by molar-refractivity contribution is -0.137. The standard InChI is InChI=1S/C16H22F3N3O2/c1-11(2)21-14(23)8-20-15(24)10-22(3)9-12-4-6-13(7-5-12)16(17,18)19/h4-7,11H,8-10H2,1-3H3,(H,20,24)(H,21,23). The van der Waals surface area contributed by atoms with Crippen LogP contribution in [-0.4, -0.2) is 42.9 Å². The third-order valence-electron chi connectivity index (χ3n) is 3.04. The van der Waals surface area contributed by atoms with Gasteiger partial charge < -0.3 is 10.6 Å².